The van der Waals surface area contributed by atoms with Crippen LogP contribution in [0.2, 0.25) is 10.0 Å². The number of carbonyl (C=O) groups is 2. The first-order valence-electron chi connectivity index (χ1n) is 7.27. The number of imide groups is 1. The van der Waals surface area contributed by atoms with Crippen LogP contribution < -0.4 is 5.32 Å². The third-order valence-corrected chi connectivity index (χ3v) is 4.40. The molecule has 0 aliphatic carbocycles. The van der Waals surface area contributed by atoms with Crippen LogP contribution in [0.5, 0.6) is 5.75 Å². The van der Waals surface area contributed by atoms with Crippen molar-refractivity contribution >= 4 is 41.4 Å². The Balaban J connectivity index is 1.92. The van der Waals surface area contributed by atoms with E-state index in [9.17, 15) is 14.7 Å². The summed E-state index contributed by atoms with van der Waals surface area (Å²) >= 11 is 11.7. The number of benzene rings is 2. The van der Waals surface area contributed by atoms with E-state index in [0.29, 0.717) is 10.6 Å². The molecule has 1 heterocycles. The number of carbonyl (C=O) groups excluding carboxylic acids is 2. The van der Waals surface area contributed by atoms with Gasteiger partial charge in [-0.2, -0.15) is 5.10 Å². The minimum absolute atomic E-state index is 0.0419. The maximum absolute atomic E-state index is 12.7. The molecule has 1 aliphatic heterocycles. The number of phenolic OH excluding ortho intramolecular Hbond substituents is 1. The van der Waals surface area contributed by atoms with Gasteiger partial charge in [-0.1, -0.05) is 53.5 Å². The van der Waals surface area contributed by atoms with Gasteiger partial charge in [0.1, 0.15) is 11.3 Å². The Bertz CT molecular complexity index is 886. The van der Waals surface area contributed by atoms with E-state index in [-0.39, 0.29) is 21.4 Å². The Kier molecular flexibility index (Phi) is 4.41. The van der Waals surface area contributed by atoms with Crippen LogP contribution in [0.1, 0.15) is 18.1 Å². The van der Waals surface area contributed by atoms with Crippen molar-refractivity contribution in [2.75, 3.05) is 0 Å². The van der Waals surface area contributed by atoms with Crippen molar-refractivity contribution < 1.29 is 14.7 Å². The second-order valence-electron chi connectivity index (χ2n) is 5.61. The van der Waals surface area contributed by atoms with E-state index < -0.39 is 17.5 Å². The van der Waals surface area contributed by atoms with Crippen LogP contribution in [-0.2, 0) is 10.3 Å². The lowest BCUT2D eigenvalue weighted by molar-refractivity contribution is -0.131. The highest BCUT2D eigenvalue weighted by Crippen LogP contribution is 2.31. The first kappa shape index (κ1) is 17.3. The van der Waals surface area contributed by atoms with E-state index in [1.807, 2.05) is 6.07 Å². The van der Waals surface area contributed by atoms with Crippen LogP contribution in [0.4, 0.5) is 4.79 Å². The molecule has 6 nitrogen and oxygen atoms in total. The van der Waals surface area contributed by atoms with E-state index in [1.165, 1.54) is 12.1 Å². The van der Waals surface area contributed by atoms with Gasteiger partial charge in [0.2, 0.25) is 0 Å². The number of nitrogens with zero attached hydrogens (tertiary/aromatic N) is 2. The van der Waals surface area contributed by atoms with E-state index in [4.69, 9.17) is 23.2 Å². The molecular weight excluding hydrogens is 365 g/mol. The number of amides is 3. The van der Waals surface area contributed by atoms with Gasteiger partial charge in [-0.25, -0.2) is 4.79 Å². The number of halogens is 2. The van der Waals surface area contributed by atoms with Gasteiger partial charge in [-0.05, 0) is 24.6 Å². The average molecular weight is 378 g/mol. The van der Waals surface area contributed by atoms with Crippen LogP contribution in [0.25, 0.3) is 0 Å². The lowest BCUT2D eigenvalue weighted by Crippen LogP contribution is -2.40. The summed E-state index contributed by atoms with van der Waals surface area (Å²) in [6, 6.07) is 11.0. The zero-order valence-corrected chi connectivity index (χ0v) is 14.5. The van der Waals surface area contributed by atoms with Crippen molar-refractivity contribution in [3.05, 3.63) is 63.6 Å². The van der Waals surface area contributed by atoms with E-state index in [1.54, 1.807) is 31.2 Å². The van der Waals surface area contributed by atoms with Gasteiger partial charge in [0.25, 0.3) is 5.91 Å². The smallest absolute Gasteiger partial charge is 0.346 e. The summed E-state index contributed by atoms with van der Waals surface area (Å²) in [6.07, 6.45) is 1.15. The zero-order chi connectivity index (χ0) is 18.2. The molecule has 0 saturated carbocycles. The molecule has 0 unspecified atom stereocenters. The number of phenols is 1. The maximum Gasteiger partial charge on any atom is 0.346 e. The summed E-state index contributed by atoms with van der Waals surface area (Å²) in [5.74, 6) is -0.778. The summed E-state index contributed by atoms with van der Waals surface area (Å²) in [6.45, 7) is 1.60. The predicted molar refractivity (Wildman–Crippen MR) is 94.9 cm³/mol. The molecule has 0 radical (unpaired) electrons. The molecule has 2 aromatic carbocycles. The first-order chi connectivity index (χ1) is 11.8. The zero-order valence-electron chi connectivity index (χ0n) is 13.0. The number of hydrazone groups is 1. The van der Waals surface area contributed by atoms with Gasteiger partial charge >= 0.3 is 6.03 Å². The second kappa shape index (κ2) is 6.38. The second-order valence-corrected chi connectivity index (χ2v) is 6.45. The minimum Gasteiger partial charge on any atom is -0.506 e. The summed E-state index contributed by atoms with van der Waals surface area (Å²) in [5, 5.41) is 17.5. The normalized spacial score (nSPS) is 20.4. The quantitative estimate of drug-likeness (QED) is 0.634. The Morgan fingerprint density at radius 1 is 1.20 bits per heavy atom. The first-order valence-corrected chi connectivity index (χ1v) is 8.03. The van der Waals surface area contributed by atoms with Gasteiger partial charge in [-0.3, -0.25) is 4.79 Å². The molecule has 1 fully saturated rings. The van der Waals surface area contributed by atoms with Crippen molar-refractivity contribution in [2.45, 2.75) is 12.5 Å². The number of aromatic hydroxyl groups is 1. The Labute approximate surface area is 153 Å². The Morgan fingerprint density at radius 2 is 1.88 bits per heavy atom. The van der Waals surface area contributed by atoms with Crippen molar-refractivity contribution in [1.82, 2.24) is 10.3 Å². The molecule has 1 atom stereocenters. The highest BCUT2D eigenvalue weighted by Gasteiger charge is 2.49. The summed E-state index contributed by atoms with van der Waals surface area (Å²) in [5.41, 5.74) is -0.393. The van der Waals surface area contributed by atoms with Gasteiger partial charge in [0, 0.05) is 10.6 Å². The maximum atomic E-state index is 12.7. The van der Waals surface area contributed by atoms with Crippen molar-refractivity contribution in [2.24, 2.45) is 5.10 Å². The number of urea groups is 1. The Morgan fingerprint density at radius 3 is 2.56 bits per heavy atom. The van der Waals surface area contributed by atoms with Crippen LogP contribution in [0, 0.1) is 0 Å². The predicted octanol–water partition coefficient (Wildman–Crippen LogP) is 3.50. The topological polar surface area (TPSA) is 82.0 Å². The van der Waals surface area contributed by atoms with Crippen molar-refractivity contribution in [1.29, 1.82) is 0 Å². The molecule has 0 aromatic heterocycles. The monoisotopic (exact) mass is 377 g/mol. The third-order valence-electron chi connectivity index (χ3n) is 3.89. The van der Waals surface area contributed by atoms with Crippen LogP contribution in [-0.4, -0.2) is 28.3 Å². The number of hydrogen-bond donors (Lipinski definition) is 2. The van der Waals surface area contributed by atoms with Gasteiger partial charge in [0.15, 0.2) is 0 Å². The standard InChI is InChI=1S/C17H13Cl2N3O3/c1-17(11-5-3-2-4-6-11)15(24)22(16(25)21-17)20-9-10-7-12(18)8-13(19)14(10)23/h2-9,23H,1H3,(H,21,25)/b20-9+/t17-/m1/s1. The van der Waals surface area contributed by atoms with Gasteiger partial charge in [0.05, 0.1) is 11.2 Å². The SMILES string of the molecule is C[C@]1(c2ccccc2)NC(=O)N(/N=C/c2cc(Cl)cc(Cl)c2O)C1=O. The lowest BCUT2D eigenvalue weighted by Gasteiger charge is -2.20. The molecule has 3 rings (SSSR count). The van der Waals surface area contributed by atoms with Crippen LogP contribution in [0.3, 0.4) is 0 Å². The minimum atomic E-state index is -1.22. The number of rotatable bonds is 3. The molecule has 1 aliphatic rings. The molecule has 0 spiro atoms. The number of nitrogens with one attached hydrogen (secondary N) is 1. The fourth-order valence-corrected chi connectivity index (χ4v) is 3.01. The molecular formula is C17H13Cl2N3O3. The average Bonchev–Trinajstić information content (AvgIpc) is 2.81. The largest absolute Gasteiger partial charge is 0.506 e. The Hall–Kier alpha value is -2.57. The van der Waals surface area contributed by atoms with Gasteiger partial charge in [-0.15, -0.1) is 5.01 Å². The molecule has 25 heavy (non-hydrogen) atoms. The van der Waals surface area contributed by atoms with Crippen molar-refractivity contribution in [3.63, 3.8) is 0 Å². The molecule has 2 N–H and O–H groups in total. The molecule has 128 valence electrons. The molecule has 0 bridgehead atoms. The molecule has 1 saturated heterocycles. The molecule has 8 heteroatoms. The van der Waals surface area contributed by atoms with Crippen LogP contribution >= 0.6 is 23.2 Å². The van der Waals surface area contributed by atoms with E-state index in [0.717, 1.165) is 6.21 Å². The lowest BCUT2D eigenvalue weighted by atomic mass is 9.92. The van der Waals surface area contributed by atoms with E-state index in [2.05, 4.69) is 10.4 Å². The van der Waals surface area contributed by atoms with Crippen LogP contribution in [0.15, 0.2) is 47.6 Å². The summed E-state index contributed by atoms with van der Waals surface area (Å²) < 4.78 is 0. The fourth-order valence-electron chi connectivity index (χ4n) is 2.50. The van der Waals surface area contributed by atoms with Gasteiger partial charge < -0.3 is 10.4 Å². The third kappa shape index (κ3) is 3.06. The highest BCUT2D eigenvalue weighted by molar-refractivity contribution is 6.36. The molecule has 2 aromatic rings. The highest BCUT2D eigenvalue weighted by atomic mass is 35.5. The fraction of sp³-hybridized carbons (Fsp3) is 0.118. The van der Waals surface area contributed by atoms with E-state index >= 15 is 0 Å². The van der Waals surface area contributed by atoms with Crippen molar-refractivity contribution in [3.8, 4) is 5.75 Å². The molecule has 3 amide bonds. The number of hydrogen-bond acceptors (Lipinski definition) is 4. The summed E-state index contributed by atoms with van der Waals surface area (Å²) in [4.78, 5) is 24.9. The summed E-state index contributed by atoms with van der Waals surface area (Å²) in [7, 11) is 0.